The Morgan fingerprint density at radius 2 is 2.29 bits per heavy atom. The van der Waals surface area contributed by atoms with Gasteiger partial charge in [-0.05, 0) is 6.42 Å². The number of aromatic amines is 1. The molecule has 1 aromatic rings. The molecule has 0 atom stereocenters. The molecule has 0 aliphatic heterocycles. The van der Waals surface area contributed by atoms with Crippen molar-refractivity contribution in [2.75, 3.05) is 19.8 Å². The summed E-state index contributed by atoms with van der Waals surface area (Å²) in [6, 6.07) is 0. The minimum absolute atomic E-state index is 0.246. The van der Waals surface area contributed by atoms with Gasteiger partial charge in [0.05, 0.1) is 11.4 Å². The third kappa shape index (κ3) is 2.02. The van der Waals surface area contributed by atoms with Gasteiger partial charge in [0, 0.05) is 14.1 Å². The molecule has 78 valence electrons. The van der Waals surface area contributed by atoms with E-state index in [0.717, 1.165) is 12.1 Å². The Morgan fingerprint density at radius 1 is 1.64 bits per heavy atom. The third-order valence-electron chi connectivity index (χ3n) is 1.78. The maximum Gasteiger partial charge on any atom is 0.288 e. The van der Waals surface area contributed by atoms with E-state index < -0.39 is 0 Å². The summed E-state index contributed by atoms with van der Waals surface area (Å²) in [7, 11) is 3.45. The van der Waals surface area contributed by atoms with Crippen LogP contribution in [-0.2, 0) is 6.42 Å². The van der Waals surface area contributed by atoms with Gasteiger partial charge in [0.15, 0.2) is 5.69 Å². The van der Waals surface area contributed by atoms with Crippen LogP contribution in [0.1, 0.15) is 23.1 Å². The van der Waals surface area contributed by atoms with E-state index in [0.29, 0.717) is 5.69 Å². The van der Waals surface area contributed by atoms with Crippen molar-refractivity contribution in [3.05, 3.63) is 11.4 Å². The number of carbonyl (C=O) groups is 1. The summed E-state index contributed by atoms with van der Waals surface area (Å²) in [6.45, 7) is 1.94. The number of hydrogen-bond acceptors (Lipinski definition) is 4. The first-order valence-corrected chi connectivity index (χ1v) is 4.37. The first-order valence-electron chi connectivity index (χ1n) is 4.37. The maximum atomic E-state index is 11.5. The lowest BCUT2D eigenvalue weighted by atomic mass is 10.2. The van der Waals surface area contributed by atoms with Crippen LogP contribution >= 0.6 is 0 Å². The molecule has 1 heterocycles. The first kappa shape index (κ1) is 10.5. The number of hydrazine groups is 1. The molecule has 0 radical (unpaired) electrons. The van der Waals surface area contributed by atoms with Crippen LogP contribution in [0.15, 0.2) is 0 Å². The third-order valence-corrected chi connectivity index (χ3v) is 1.78. The molecule has 1 amide bonds. The van der Waals surface area contributed by atoms with Gasteiger partial charge in [0.1, 0.15) is 0 Å². The Bertz CT molecular complexity index is 330. The molecular formula is C8H15N5O. The van der Waals surface area contributed by atoms with Crippen molar-refractivity contribution < 1.29 is 4.79 Å². The van der Waals surface area contributed by atoms with E-state index in [1.54, 1.807) is 19.1 Å². The lowest BCUT2D eigenvalue weighted by Crippen LogP contribution is -2.36. The molecule has 14 heavy (non-hydrogen) atoms. The van der Waals surface area contributed by atoms with E-state index in [9.17, 15) is 4.79 Å². The number of aromatic nitrogens is 2. The average Bonchev–Trinajstić information content (AvgIpc) is 2.45. The van der Waals surface area contributed by atoms with Crippen LogP contribution in [0, 0.1) is 0 Å². The number of nitrogens with one attached hydrogen (secondary N) is 2. The molecule has 0 spiro atoms. The Morgan fingerprint density at radius 3 is 2.71 bits per heavy atom. The fourth-order valence-electron chi connectivity index (χ4n) is 1.09. The van der Waals surface area contributed by atoms with Crippen molar-refractivity contribution in [2.45, 2.75) is 13.3 Å². The van der Waals surface area contributed by atoms with Crippen LogP contribution in [0.2, 0.25) is 0 Å². The second kappa shape index (κ2) is 4.10. The molecule has 0 saturated heterocycles. The largest absolute Gasteiger partial charge is 0.395 e. The molecule has 0 bridgehead atoms. The van der Waals surface area contributed by atoms with Gasteiger partial charge >= 0.3 is 0 Å². The van der Waals surface area contributed by atoms with Crippen molar-refractivity contribution in [3.63, 3.8) is 0 Å². The second-order valence-electron chi connectivity index (χ2n) is 3.15. The molecule has 6 nitrogen and oxygen atoms in total. The van der Waals surface area contributed by atoms with Gasteiger partial charge in [-0.15, -0.1) is 0 Å². The van der Waals surface area contributed by atoms with E-state index >= 15 is 0 Å². The zero-order valence-corrected chi connectivity index (χ0v) is 8.59. The lowest BCUT2D eigenvalue weighted by Gasteiger charge is -2.10. The standard InChI is InChI=1S/C8H15N5O/c1-4-5-6(9)7(11-10-5)8(14)12-13(2)3/h4,9H2,1-3H3,(H,10,11)(H,12,14). The molecule has 0 fully saturated rings. The summed E-state index contributed by atoms with van der Waals surface area (Å²) < 4.78 is 0. The van der Waals surface area contributed by atoms with E-state index in [2.05, 4.69) is 15.6 Å². The van der Waals surface area contributed by atoms with Gasteiger partial charge in [-0.3, -0.25) is 15.3 Å². The number of nitrogen functional groups attached to an aromatic ring is 1. The quantitative estimate of drug-likeness (QED) is 0.584. The van der Waals surface area contributed by atoms with Crippen molar-refractivity contribution in [1.29, 1.82) is 0 Å². The predicted molar refractivity (Wildman–Crippen MR) is 53.5 cm³/mol. The van der Waals surface area contributed by atoms with Crippen molar-refractivity contribution in [1.82, 2.24) is 20.6 Å². The molecule has 4 N–H and O–H groups in total. The number of aryl methyl sites for hydroxylation is 1. The summed E-state index contributed by atoms with van der Waals surface area (Å²) in [4.78, 5) is 11.5. The van der Waals surface area contributed by atoms with Gasteiger partial charge in [-0.25, -0.2) is 5.01 Å². The van der Waals surface area contributed by atoms with E-state index in [1.807, 2.05) is 6.92 Å². The number of rotatable bonds is 3. The Balaban J connectivity index is 2.85. The minimum Gasteiger partial charge on any atom is -0.395 e. The predicted octanol–water partition coefficient (Wildman–Crippen LogP) is -0.239. The van der Waals surface area contributed by atoms with Gasteiger partial charge in [0.2, 0.25) is 0 Å². The highest BCUT2D eigenvalue weighted by Crippen LogP contribution is 2.13. The molecule has 0 aliphatic rings. The van der Waals surface area contributed by atoms with E-state index in [-0.39, 0.29) is 11.6 Å². The van der Waals surface area contributed by atoms with Crippen molar-refractivity contribution in [3.8, 4) is 0 Å². The zero-order chi connectivity index (χ0) is 10.7. The smallest absolute Gasteiger partial charge is 0.288 e. The summed E-state index contributed by atoms with van der Waals surface area (Å²) in [6.07, 6.45) is 0.730. The summed E-state index contributed by atoms with van der Waals surface area (Å²) >= 11 is 0. The fourth-order valence-corrected chi connectivity index (χ4v) is 1.09. The van der Waals surface area contributed by atoms with Crippen LogP contribution in [0.25, 0.3) is 0 Å². The Hall–Kier alpha value is -1.56. The summed E-state index contributed by atoms with van der Waals surface area (Å²) in [5.41, 5.74) is 9.74. The zero-order valence-electron chi connectivity index (χ0n) is 8.59. The SMILES string of the molecule is CCc1[nH]nc(C(=O)NN(C)C)c1N. The summed E-state index contributed by atoms with van der Waals surface area (Å²) in [5, 5.41) is 8.12. The lowest BCUT2D eigenvalue weighted by molar-refractivity contribution is 0.0852. The highest BCUT2D eigenvalue weighted by molar-refractivity contribution is 5.97. The van der Waals surface area contributed by atoms with Crippen LogP contribution in [0.5, 0.6) is 0 Å². The highest BCUT2D eigenvalue weighted by Gasteiger charge is 2.16. The molecule has 6 heteroatoms. The molecule has 0 aromatic carbocycles. The number of amides is 1. The number of nitrogens with two attached hydrogens (primary N) is 1. The van der Waals surface area contributed by atoms with Crippen molar-refractivity contribution >= 4 is 11.6 Å². The topological polar surface area (TPSA) is 87.0 Å². The van der Waals surface area contributed by atoms with Gasteiger partial charge in [-0.2, -0.15) is 5.10 Å². The average molecular weight is 197 g/mol. The maximum absolute atomic E-state index is 11.5. The Labute approximate surface area is 82.4 Å². The molecular weight excluding hydrogens is 182 g/mol. The van der Waals surface area contributed by atoms with Gasteiger partial charge < -0.3 is 5.73 Å². The normalized spacial score (nSPS) is 10.6. The monoisotopic (exact) mass is 197 g/mol. The molecule has 0 unspecified atom stereocenters. The van der Waals surface area contributed by atoms with Crippen LogP contribution in [0.3, 0.4) is 0 Å². The van der Waals surface area contributed by atoms with Gasteiger partial charge in [0.25, 0.3) is 5.91 Å². The second-order valence-corrected chi connectivity index (χ2v) is 3.15. The van der Waals surface area contributed by atoms with Crippen molar-refractivity contribution in [2.24, 2.45) is 0 Å². The van der Waals surface area contributed by atoms with Crippen LogP contribution in [-0.4, -0.2) is 35.2 Å². The van der Waals surface area contributed by atoms with E-state index in [4.69, 9.17) is 5.73 Å². The molecule has 1 aromatic heterocycles. The minimum atomic E-state index is -0.302. The van der Waals surface area contributed by atoms with E-state index in [1.165, 1.54) is 0 Å². The van der Waals surface area contributed by atoms with Crippen LogP contribution in [0.4, 0.5) is 5.69 Å². The number of anilines is 1. The number of H-pyrrole nitrogens is 1. The Kier molecular flexibility index (Phi) is 3.08. The highest BCUT2D eigenvalue weighted by atomic mass is 16.2. The summed E-state index contributed by atoms with van der Waals surface area (Å²) in [5.74, 6) is -0.302. The van der Waals surface area contributed by atoms with Gasteiger partial charge in [-0.1, -0.05) is 6.92 Å². The number of nitrogens with zero attached hydrogens (tertiary/aromatic N) is 2. The molecule has 0 aliphatic carbocycles. The number of hydrogen-bond donors (Lipinski definition) is 3. The fraction of sp³-hybridized carbons (Fsp3) is 0.500. The first-order chi connectivity index (χ1) is 6.56. The number of carbonyl (C=O) groups excluding carboxylic acids is 1. The van der Waals surface area contributed by atoms with Crippen LogP contribution < -0.4 is 11.2 Å². The molecule has 0 saturated carbocycles. The molecule has 1 rings (SSSR count).